The van der Waals surface area contributed by atoms with Crippen molar-refractivity contribution >= 4 is 46.4 Å². The summed E-state index contributed by atoms with van der Waals surface area (Å²) >= 11 is 17.1. The van der Waals surface area contributed by atoms with E-state index < -0.39 is 0 Å². The molecule has 1 aromatic rings. The molecule has 0 atom stereocenters. The number of aryl methyl sites for hydroxylation is 1. The van der Waals surface area contributed by atoms with Gasteiger partial charge in [-0.1, -0.05) is 23.2 Å². The molecular formula is C10H11Cl3N2O. The van der Waals surface area contributed by atoms with E-state index in [1.54, 1.807) is 13.0 Å². The summed E-state index contributed by atoms with van der Waals surface area (Å²) in [7, 11) is 0. The van der Waals surface area contributed by atoms with Crippen LogP contribution < -0.4 is 5.32 Å². The normalized spacial score (nSPS) is 10.2. The van der Waals surface area contributed by atoms with Crippen molar-refractivity contribution in [1.82, 2.24) is 4.98 Å². The third-order valence-electron chi connectivity index (χ3n) is 1.94. The smallest absolute Gasteiger partial charge is 0.224 e. The molecule has 0 saturated carbocycles. The molecule has 3 nitrogen and oxygen atoms in total. The molecule has 0 bridgehead atoms. The van der Waals surface area contributed by atoms with Gasteiger partial charge < -0.3 is 5.32 Å². The van der Waals surface area contributed by atoms with Crippen molar-refractivity contribution in [3.05, 3.63) is 21.9 Å². The third kappa shape index (κ3) is 3.81. The number of halogens is 3. The van der Waals surface area contributed by atoms with Crippen molar-refractivity contribution in [1.29, 1.82) is 0 Å². The van der Waals surface area contributed by atoms with Crippen molar-refractivity contribution in [3.8, 4) is 0 Å². The lowest BCUT2D eigenvalue weighted by atomic mass is 10.2. The highest BCUT2D eigenvalue weighted by Gasteiger charge is 2.10. The Hall–Kier alpha value is -0.510. The minimum absolute atomic E-state index is 0.130. The van der Waals surface area contributed by atoms with Crippen molar-refractivity contribution in [2.75, 3.05) is 11.2 Å². The van der Waals surface area contributed by atoms with E-state index >= 15 is 0 Å². The zero-order chi connectivity index (χ0) is 12.1. The van der Waals surface area contributed by atoms with Gasteiger partial charge in [0.25, 0.3) is 0 Å². The molecule has 1 aromatic heterocycles. The fourth-order valence-electron chi connectivity index (χ4n) is 1.17. The number of alkyl halides is 1. The summed E-state index contributed by atoms with van der Waals surface area (Å²) < 4.78 is 0. The highest BCUT2D eigenvalue weighted by Crippen LogP contribution is 2.26. The summed E-state index contributed by atoms with van der Waals surface area (Å²) in [5.74, 6) is 0.328. The molecule has 1 heterocycles. The predicted molar refractivity (Wildman–Crippen MR) is 67.6 cm³/mol. The van der Waals surface area contributed by atoms with Crippen LogP contribution in [0.15, 0.2) is 6.07 Å². The average Bonchev–Trinajstić information content (AvgIpc) is 2.20. The molecule has 1 N–H and O–H groups in total. The molecule has 88 valence electrons. The van der Waals surface area contributed by atoms with E-state index in [4.69, 9.17) is 34.8 Å². The lowest BCUT2D eigenvalue weighted by Crippen LogP contribution is -2.13. The number of carbonyl (C=O) groups is 1. The average molecular weight is 282 g/mol. The molecule has 0 saturated heterocycles. The largest absolute Gasteiger partial charge is 0.323 e. The quantitative estimate of drug-likeness (QED) is 0.676. The van der Waals surface area contributed by atoms with Crippen molar-refractivity contribution < 1.29 is 4.79 Å². The van der Waals surface area contributed by atoms with Gasteiger partial charge in [0.05, 0.1) is 5.69 Å². The van der Waals surface area contributed by atoms with Crippen LogP contribution in [0, 0.1) is 6.92 Å². The Morgan fingerprint density at radius 1 is 1.50 bits per heavy atom. The first-order valence-electron chi connectivity index (χ1n) is 4.73. The Bertz CT molecular complexity index is 373. The molecule has 0 aliphatic rings. The standard InChI is InChI=1S/C10H11Cl3N2O/c1-6-5-7(12)14-10(13)9(6)15-8(16)3-2-4-11/h5H,2-4H2,1H3,(H,15,16). The van der Waals surface area contributed by atoms with Gasteiger partial charge in [-0.25, -0.2) is 4.98 Å². The maximum absolute atomic E-state index is 11.5. The molecule has 0 aromatic carbocycles. The molecule has 16 heavy (non-hydrogen) atoms. The number of nitrogens with zero attached hydrogens (tertiary/aromatic N) is 1. The highest BCUT2D eigenvalue weighted by atomic mass is 35.5. The number of pyridine rings is 1. The number of rotatable bonds is 4. The monoisotopic (exact) mass is 280 g/mol. The van der Waals surface area contributed by atoms with Crippen LogP contribution in [-0.2, 0) is 4.79 Å². The first-order valence-corrected chi connectivity index (χ1v) is 6.02. The first kappa shape index (κ1) is 13.6. The zero-order valence-electron chi connectivity index (χ0n) is 8.69. The van der Waals surface area contributed by atoms with Crippen LogP contribution in [0.25, 0.3) is 0 Å². The minimum Gasteiger partial charge on any atom is -0.323 e. The van der Waals surface area contributed by atoms with E-state index in [0.29, 0.717) is 29.6 Å². The molecule has 1 amide bonds. The first-order chi connectivity index (χ1) is 7.54. The Kier molecular flexibility index (Phi) is 5.32. The van der Waals surface area contributed by atoms with Gasteiger partial charge in [-0.3, -0.25) is 4.79 Å². The summed E-state index contributed by atoms with van der Waals surface area (Å²) in [6.07, 6.45) is 0.993. The summed E-state index contributed by atoms with van der Waals surface area (Å²) in [5, 5.41) is 3.19. The van der Waals surface area contributed by atoms with Crippen LogP contribution in [0.5, 0.6) is 0 Å². The maximum Gasteiger partial charge on any atom is 0.224 e. The van der Waals surface area contributed by atoms with Crippen LogP contribution in [-0.4, -0.2) is 16.8 Å². The number of amides is 1. The van der Waals surface area contributed by atoms with Crippen LogP contribution in [0.2, 0.25) is 10.3 Å². The van der Waals surface area contributed by atoms with Crippen LogP contribution >= 0.6 is 34.8 Å². The van der Waals surface area contributed by atoms with Crippen molar-refractivity contribution in [2.45, 2.75) is 19.8 Å². The van der Waals surface area contributed by atoms with E-state index in [9.17, 15) is 4.79 Å². The SMILES string of the molecule is Cc1cc(Cl)nc(Cl)c1NC(=O)CCCCl. The second-order valence-corrected chi connectivity index (χ2v) is 4.39. The van der Waals surface area contributed by atoms with Gasteiger partial charge in [-0.2, -0.15) is 0 Å². The number of aromatic nitrogens is 1. The number of hydrogen-bond acceptors (Lipinski definition) is 2. The maximum atomic E-state index is 11.5. The Labute approximate surface area is 109 Å². The summed E-state index contributed by atoms with van der Waals surface area (Å²) in [6, 6.07) is 1.64. The second kappa shape index (κ2) is 6.28. The Morgan fingerprint density at radius 3 is 2.75 bits per heavy atom. The third-order valence-corrected chi connectivity index (χ3v) is 2.68. The lowest BCUT2D eigenvalue weighted by molar-refractivity contribution is -0.116. The minimum atomic E-state index is -0.130. The molecule has 0 aliphatic carbocycles. The molecule has 1 rings (SSSR count). The number of nitrogens with one attached hydrogen (secondary N) is 1. The molecular weight excluding hydrogens is 270 g/mol. The van der Waals surface area contributed by atoms with Gasteiger partial charge in [-0.05, 0) is 25.0 Å². The van der Waals surface area contributed by atoms with E-state index in [1.807, 2.05) is 0 Å². The van der Waals surface area contributed by atoms with E-state index in [-0.39, 0.29) is 11.1 Å². The molecule has 0 aliphatic heterocycles. The van der Waals surface area contributed by atoms with E-state index in [2.05, 4.69) is 10.3 Å². The van der Waals surface area contributed by atoms with Crippen LogP contribution in [0.4, 0.5) is 5.69 Å². The molecule has 0 fully saturated rings. The predicted octanol–water partition coefficient (Wildman–Crippen LogP) is 3.65. The lowest BCUT2D eigenvalue weighted by Gasteiger charge is -2.09. The van der Waals surface area contributed by atoms with Crippen molar-refractivity contribution in [2.24, 2.45) is 0 Å². The topological polar surface area (TPSA) is 42.0 Å². The molecule has 0 spiro atoms. The number of carbonyl (C=O) groups excluding carboxylic acids is 1. The fraction of sp³-hybridized carbons (Fsp3) is 0.400. The summed E-state index contributed by atoms with van der Waals surface area (Å²) in [5.41, 5.74) is 1.29. The highest BCUT2D eigenvalue weighted by molar-refractivity contribution is 6.34. The Balaban J connectivity index is 2.77. The summed E-state index contributed by atoms with van der Waals surface area (Å²) in [4.78, 5) is 15.3. The van der Waals surface area contributed by atoms with Crippen molar-refractivity contribution in [3.63, 3.8) is 0 Å². The summed E-state index contributed by atoms with van der Waals surface area (Å²) in [6.45, 7) is 1.80. The van der Waals surface area contributed by atoms with E-state index in [1.165, 1.54) is 0 Å². The molecule has 6 heteroatoms. The van der Waals surface area contributed by atoms with Gasteiger partial charge in [0.1, 0.15) is 5.15 Å². The molecule has 0 unspecified atom stereocenters. The fourth-order valence-corrected chi connectivity index (χ4v) is 1.89. The van der Waals surface area contributed by atoms with Gasteiger partial charge in [0.2, 0.25) is 5.91 Å². The van der Waals surface area contributed by atoms with Crippen LogP contribution in [0.3, 0.4) is 0 Å². The number of hydrogen-bond donors (Lipinski definition) is 1. The van der Waals surface area contributed by atoms with Gasteiger partial charge in [-0.15, -0.1) is 11.6 Å². The molecule has 0 radical (unpaired) electrons. The number of anilines is 1. The van der Waals surface area contributed by atoms with Gasteiger partial charge in [0, 0.05) is 12.3 Å². The van der Waals surface area contributed by atoms with Gasteiger partial charge >= 0.3 is 0 Å². The zero-order valence-corrected chi connectivity index (χ0v) is 11.0. The second-order valence-electron chi connectivity index (χ2n) is 3.27. The Morgan fingerprint density at radius 2 is 2.19 bits per heavy atom. The van der Waals surface area contributed by atoms with Gasteiger partial charge in [0.15, 0.2) is 5.15 Å². The van der Waals surface area contributed by atoms with E-state index in [0.717, 1.165) is 5.56 Å². The van der Waals surface area contributed by atoms with Crippen LogP contribution in [0.1, 0.15) is 18.4 Å².